The Kier molecular flexibility index (Phi) is 4.71. The van der Waals surface area contributed by atoms with Crippen LogP contribution in [0.25, 0.3) is 0 Å². The number of hydrogen-bond acceptors (Lipinski definition) is 6. The molecule has 1 amide bonds. The number of rotatable bonds is 4. The predicted molar refractivity (Wildman–Crippen MR) is 75.4 cm³/mol. The topological polar surface area (TPSA) is 105 Å². The van der Waals surface area contributed by atoms with Crippen molar-refractivity contribution in [3.8, 4) is 0 Å². The van der Waals surface area contributed by atoms with Crippen LogP contribution in [0.1, 0.15) is 10.4 Å². The van der Waals surface area contributed by atoms with Crippen molar-refractivity contribution in [2.75, 3.05) is 38.7 Å². The molecule has 1 aliphatic rings. The van der Waals surface area contributed by atoms with Gasteiger partial charge in [0.15, 0.2) is 0 Å². The Morgan fingerprint density at radius 2 is 2.38 bits per heavy atom. The molecule has 0 aromatic heterocycles. The van der Waals surface area contributed by atoms with Crippen molar-refractivity contribution in [3.63, 3.8) is 0 Å². The van der Waals surface area contributed by atoms with Gasteiger partial charge in [-0.15, -0.1) is 0 Å². The molecule has 1 atom stereocenters. The Labute approximate surface area is 121 Å². The normalized spacial score (nSPS) is 18.4. The summed E-state index contributed by atoms with van der Waals surface area (Å²) in [7, 11) is 1.67. The van der Waals surface area contributed by atoms with Crippen molar-refractivity contribution in [1.29, 1.82) is 0 Å². The van der Waals surface area contributed by atoms with E-state index in [4.69, 9.17) is 4.74 Å². The van der Waals surface area contributed by atoms with E-state index in [0.717, 1.165) is 0 Å². The van der Waals surface area contributed by atoms with Crippen LogP contribution in [0.3, 0.4) is 0 Å². The lowest BCUT2D eigenvalue weighted by Crippen LogP contribution is -2.50. The zero-order valence-corrected chi connectivity index (χ0v) is 11.6. The van der Waals surface area contributed by atoms with Gasteiger partial charge in [0.25, 0.3) is 11.6 Å². The number of nitrogens with one attached hydrogen (secondary N) is 1. The summed E-state index contributed by atoms with van der Waals surface area (Å²) < 4.78 is 5.21. The second-order valence-electron chi connectivity index (χ2n) is 4.65. The summed E-state index contributed by atoms with van der Waals surface area (Å²) in [5.41, 5.74) is 0.368. The molecule has 8 nitrogen and oxygen atoms in total. The quantitative estimate of drug-likeness (QED) is 0.618. The summed E-state index contributed by atoms with van der Waals surface area (Å²) in [6, 6.07) is 3.80. The summed E-state index contributed by atoms with van der Waals surface area (Å²) in [6.45, 7) is 0.625. The molecule has 0 radical (unpaired) electrons. The molecule has 0 saturated carbocycles. The van der Waals surface area contributed by atoms with E-state index in [9.17, 15) is 20.0 Å². The van der Waals surface area contributed by atoms with E-state index in [0.29, 0.717) is 18.8 Å². The standard InChI is InChI=1S/C13H17N3O5/c1-14-9-2-3-12(16(19)20)11(6-9)13(18)15-4-5-21-8-10(15)7-17/h2-3,6,10,14,17H,4-5,7-8H2,1H3. The van der Waals surface area contributed by atoms with Crippen molar-refractivity contribution < 1.29 is 19.6 Å². The maximum atomic E-state index is 12.6. The molecule has 1 aromatic rings. The number of nitro groups is 1. The first-order chi connectivity index (χ1) is 10.1. The van der Waals surface area contributed by atoms with Crippen LogP contribution < -0.4 is 5.32 Å². The highest BCUT2D eigenvalue weighted by atomic mass is 16.6. The van der Waals surface area contributed by atoms with Gasteiger partial charge in [0.2, 0.25) is 0 Å². The van der Waals surface area contributed by atoms with E-state index in [1.165, 1.54) is 23.1 Å². The van der Waals surface area contributed by atoms with Gasteiger partial charge < -0.3 is 20.1 Å². The molecule has 0 spiro atoms. The lowest BCUT2D eigenvalue weighted by molar-refractivity contribution is -0.385. The zero-order chi connectivity index (χ0) is 15.4. The average molecular weight is 295 g/mol. The first-order valence-corrected chi connectivity index (χ1v) is 6.54. The summed E-state index contributed by atoms with van der Waals surface area (Å²) >= 11 is 0. The molecular weight excluding hydrogens is 278 g/mol. The number of nitro benzene ring substituents is 1. The number of carbonyl (C=O) groups is 1. The smallest absolute Gasteiger partial charge is 0.282 e. The number of nitrogens with zero attached hydrogens (tertiary/aromatic N) is 2. The number of morpholine rings is 1. The first kappa shape index (κ1) is 15.2. The van der Waals surface area contributed by atoms with Crippen molar-refractivity contribution in [2.24, 2.45) is 0 Å². The fourth-order valence-electron chi connectivity index (χ4n) is 2.25. The van der Waals surface area contributed by atoms with E-state index in [1.807, 2.05) is 0 Å². The van der Waals surface area contributed by atoms with Crippen molar-refractivity contribution in [3.05, 3.63) is 33.9 Å². The Hall–Kier alpha value is -2.19. The molecule has 114 valence electrons. The van der Waals surface area contributed by atoms with E-state index in [1.54, 1.807) is 7.05 Å². The molecule has 1 unspecified atom stereocenters. The van der Waals surface area contributed by atoms with Crippen LogP contribution >= 0.6 is 0 Å². The van der Waals surface area contributed by atoms with Crippen LogP contribution in [0, 0.1) is 10.1 Å². The van der Waals surface area contributed by atoms with Gasteiger partial charge in [-0.25, -0.2) is 0 Å². The number of anilines is 1. The summed E-state index contributed by atoms with van der Waals surface area (Å²) in [4.78, 5) is 24.5. The maximum absolute atomic E-state index is 12.6. The molecule has 1 aliphatic heterocycles. The monoisotopic (exact) mass is 295 g/mol. The zero-order valence-electron chi connectivity index (χ0n) is 11.6. The lowest BCUT2D eigenvalue weighted by Gasteiger charge is -2.34. The van der Waals surface area contributed by atoms with Gasteiger partial charge in [-0.2, -0.15) is 0 Å². The largest absolute Gasteiger partial charge is 0.394 e. The van der Waals surface area contributed by atoms with Crippen molar-refractivity contribution >= 4 is 17.3 Å². The van der Waals surface area contributed by atoms with Crippen LogP contribution in [0.15, 0.2) is 18.2 Å². The SMILES string of the molecule is CNc1ccc([N+](=O)[O-])c(C(=O)N2CCOCC2CO)c1. The Balaban J connectivity index is 2.38. The molecule has 1 heterocycles. The predicted octanol–water partition coefficient (Wildman–Crippen LogP) is 0.470. The number of hydrogen-bond donors (Lipinski definition) is 2. The molecule has 1 saturated heterocycles. The minimum Gasteiger partial charge on any atom is -0.394 e. The third-order valence-corrected chi connectivity index (χ3v) is 3.41. The number of aliphatic hydroxyl groups excluding tert-OH is 1. The van der Waals surface area contributed by atoms with Crippen molar-refractivity contribution in [2.45, 2.75) is 6.04 Å². The first-order valence-electron chi connectivity index (χ1n) is 6.54. The fourth-order valence-corrected chi connectivity index (χ4v) is 2.25. The van der Waals surface area contributed by atoms with Crippen LogP contribution in [0.4, 0.5) is 11.4 Å². The number of amides is 1. The molecule has 2 N–H and O–H groups in total. The second kappa shape index (κ2) is 6.51. The third-order valence-electron chi connectivity index (χ3n) is 3.41. The van der Waals surface area contributed by atoms with Gasteiger partial charge in [0.1, 0.15) is 5.56 Å². The second-order valence-corrected chi connectivity index (χ2v) is 4.65. The van der Waals surface area contributed by atoms with Crippen LogP contribution in [-0.2, 0) is 4.74 Å². The maximum Gasteiger partial charge on any atom is 0.282 e. The molecule has 1 aromatic carbocycles. The van der Waals surface area contributed by atoms with Gasteiger partial charge in [-0.05, 0) is 12.1 Å². The highest BCUT2D eigenvalue weighted by molar-refractivity contribution is 5.99. The van der Waals surface area contributed by atoms with Crippen molar-refractivity contribution in [1.82, 2.24) is 4.90 Å². The highest BCUT2D eigenvalue weighted by Gasteiger charge is 2.31. The summed E-state index contributed by atoms with van der Waals surface area (Å²) in [5.74, 6) is -0.471. The Morgan fingerprint density at radius 1 is 1.62 bits per heavy atom. The summed E-state index contributed by atoms with van der Waals surface area (Å²) in [6.07, 6.45) is 0. The minimum absolute atomic E-state index is 0.00667. The third kappa shape index (κ3) is 3.11. The number of benzene rings is 1. The van der Waals surface area contributed by atoms with Crippen LogP contribution in [-0.4, -0.2) is 60.3 Å². The van der Waals surface area contributed by atoms with Crippen LogP contribution in [0.2, 0.25) is 0 Å². The fraction of sp³-hybridized carbons (Fsp3) is 0.462. The van der Waals surface area contributed by atoms with Gasteiger partial charge >= 0.3 is 0 Å². The van der Waals surface area contributed by atoms with E-state index in [-0.39, 0.29) is 24.5 Å². The molecule has 8 heteroatoms. The molecule has 0 bridgehead atoms. The molecule has 1 fully saturated rings. The van der Waals surface area contributed by atoms with Gasteiger partial charge in [0.05, 0.1) is 30.8 Å². The van der Waals surface area contributed by atoms with E-state index < -0.39 is 16.9 Å². The Morgan fingerprint density at radius 3 is 3.00 bits per heavy atom. The molecule has 0 aliphatic carbocycles. The minimum atomic E-state index is -0.582. The van der Waals surface area contributed by atoms with Gasteiger partial charge in [0, 0.05) is 25.3 Å². The van der Waals surface area contributed by atoms with Crippen LogP contribution in [0.5, 0.6) is 0 Å². The molecule has 2 rings (SSSR count). The summed E-state index contributed by atoms with van der Waals surface area (Å²) in [5, 5.41) is 23.3. The van der Waals surface area contributed by atoms with Gasteiger partial charge in [-0.1, -0.05) is 0 Å². The van der Waals surface area contributed by atoms with Gasteiger partial charge in [-0.3, -0.25) is 14.9 Å². The highest BCUT2D eigenvalue weighted by Crippen LogP contribution is 2.25. The molecule has 21 heavy (non-hydrogen) atoms. The lowest BCUT2D eigenvalue weighted by atomic mass is 10.1. The molecular formula is C13H17N3O5. The number of ether oxygens (including phenoxy) is 1. The number of aliphatic hydroxyl groups is 1. The average Bonchev–Trinajstić information content (AvgIpc) is 2.53. The number of carbonyl (C=O) groups excluding carboxylic acids is 1. The van der Waals surface area contributed by atoms with E-state index in [2.05, 4.69) is 5.32 Å². The Bertz CT molecular complexity index is 549. The van der Waals surface area contributed by atoms with E-state index >= 15 is 0 Å².